The number of hydrogen-bond donors (Lipinski definition) is 1. The van der Waals surface area contributed by atoms with Gasteiger partial charge in [-0.15, -0.1) is 0 Å². The first-order chi connectivity index (χ1) is 7.61. The number of fused-ring (bicyclic) bond motifs is 1. The van der Waals surface area contributed by atoms with Crippen LogP contribution in [-0.4, -0.2) is 19.9 Å². The van der Waals surface area contributed by atoms with Crippen LogP contribution in [0.3, 0.4) is 0 Å². The van der Waals surface area contributed by atoms with Crippen LogP contribution in [0.25, 0.3) is 5.52 Å². The second-order valence-electron chi connectivity index (χ2n) is 3.75. The van der Waals surface area contributed by atoms with Gasteiger partial charge >= 0.3 is 0 Å². The van der Waals surface area contributed by atoms with Crippen molar-refractivity contribution in [2.24, 2.45) is 0 Å². The van der Waals surface area contributed by atoms with Crippen molar-refractivity contribution in [3.05, 3.63) is 46.7 Å². The highest BCUT2D eigenvalue weighted by molar-refractivity contribution is 7.80. The maximum Gasteiger partial charge on any atom is 0.276 e. The Labute approximate surface area is 98.6 Å². The molecule has 4 nitrogen and oxygen atoms in total. The maximum atomic E-state index is 12.0. The summed E-state index contributed by atoms with van der Waals surface area (Å²) in [7, 11) is 0. The van der Waals surface area contributed by atoms with Crippen molar-refractivity contribution in [1.29, 1.82) is 0 Å². The van der Waals surface area contributed by atoms with E-state index in [9.17, 15) is 4.79 Å². The van der Waals surface area contributed by atoms with Crippen LogP contribution in [0, 0.1) is 6.92 Å². The predicted octanol–water partition coefficient (Wildman–Crippen LogP) is 1.29. The van der Waals surface area contributed by atoms with E-state index >= 15 is 0 Å². The Bertz CT molecular complexity index is 597. The van der Waals surface area contributed by atoms with Crippen molar-refractivity contribution in [2.75, 3.05) is 5.75 Å². The largest absolute Gasteiger partial charge is 0.308 e. The molecule has 2 aromatic rings. The molecule has 0 radical (unpaired) electrons. The molecule has 0 aromatic carbocycles. The highest BCUT2D eigenvalue weighted by Crippen LogP contribution is 2.02. The molecule has 0 aliphatic carbocycles. The zero-order valence-electron chi connectivity index (χ0n) is 9.05. The van der Waals surface area contributed by atoms with Crippen LogP contribution in [0.4, 0.5) is 0 Å². The molecule has 5 heteroatoms. The van der Waals surface area contributed by atoms with Gasteiger partial charge in [-0.1, -0.05) is 6.58 Å². The third kappa shape index (κ3) is 1.90. The van der Waals surface area contributed by atoms with Crippen LogP contribution in [0.2, 0.25) is 0 Å². The average Bonchev–Trinajstić information content (AvgIpc) is 2.64. The van der Waals surface area contributed by atoms with Crippen LogP contribution in [0.5, 0.6) is 0 Å². The van der Waals surface area contributed by atoms with Crippen molar-refractivity contribution in [1.82, 2.24) is 14.2 Å². The van der Waals surface area contributed by atoms with Gasteiger partial charge in [0.15, 0.2) is 0 Å². The van der Waals surface area contributed by atoms with Gasteiger partial charge in [-0.3, -0.25) is 4.79 Å². The molecule has 0 amide bonds. The summed E-state index contributed by atoms with van der Waals surface area (Å²) in [6, 6.07) is 1.78. The van der Waals surface area contributed by atoms with Crippen LogP contribution in [0.1, 0.15) is 5.69 Å². The molecule has 16 heavy (non-hydrogen) atoms. The quantitative estimate of drug-likeness (QED) is 0.643. The van der Waals surface area contributed by atoms with Crippen molar-refractivity contribution >= 4 is 18.1 Å². The van der Waals surface area contributed by atoms with E-state index in [-0.39, 0.29) is 5.56 Å². The molecule has 0 aliphatic rings. The topological polar surface area (TPSA) is 39.3 Å². The van der Waals surface area contributed by atoms with Crippen LogP contribution in [0.15, 0.2) is 35.4 Å². The summed E-state index contributed by atoms with van der Waals surface area (Å²) >= 11 is 4.13. The zero-order chi connectivity index (χ0) is 11.7. The number of rotatable bonds is 3. The molecule has 0 saturated carbocycles. The first-order valence-corrected chi connectivity index (χ1v) is 5.58. The lowest BCUT2D eigenvalue weighted by atomic mass is 10.3. The Kier molecular flexibility index (Phi) is 2.87. The summed E-state index contributed by atoms with van der Waals surface area (Å²) in [5, 5.41) is 4.18. The molecule has 0 fully saturated rings. The van der Waals surface area contributed by atoms with Gasteiger partial charge in [-0.05, 0) is 18.6 Å². The van der Waals surface area contributed by atoms with Crippen molar-refractivity contribution < 1.29 is 0 Å². The zero-order valence-corrected chi connectivity index (χ0v) is 9.94. The Hall–Kier alpha value is -1.49. The van der Waals surface area contributed by atoms with Gasteiger partial charge < -0.3 is 4.57 Å². The molecule has 2 heterocycles. The molecule has 0 bridgehead atoms. The number of aryl methyl sites for hydroxylation is 1. The molecule has 2 rings (SSSR count). The lowest BCUT2D eigenvalue weighted by Crippen LogP contribution is -2.22. The predicted molar refractivity (Wildman–Crippen MR) is 67.2 cm³/mol. The number of thiol groups is 1. The molecule has 0 aliphatic heterocycles. The number of nitrogens with zero attached hydrogens (tertiary/aromatic N) is 3. The summed E-state index contributed by atoms with van der Waals surface area (Å²) < 4.78 is 3.21. The Morgan fingerprint density at radius 3 is 3.00 bits per heavy atom. The van der Waals surface area contributed by atoms with Gasteiger partial charge in [0, 0.05) is 24.7 Å². The second kappa shape index (κ2) is 4.17. The van der Waals surface area contributed by atoms with Gasteiger partial charge in [-0.2, -0.15) is 17.7 Å². The minimum Gasteiger partial charge on any atom is -0.308 e. The summed E-state index contributed by atoms with van der Waals surface area (Å²) in [6.45, 7) is 6.20. The normalized spacial score (nSPS) is 10.9. The third-order valence-corrected chi connectivity index (χ3v) is 2.79. The minimum absolute atomic E-state index is 0.0500. The van der Waals surface area contributed by atoms with Crippen molar-refractivity contribution in [2.45, 2.75) is 13.5 Å². The fourth-order valence-corrected chi connectivity index (χ4v) is 1.66. The smallest absolute Gasteiger partial charge is 0.276 e. The summed E-state index contributed by atoms with van der Waals surface area (Å²) in [5.41, 5.74) is 2.28. The van der Waals surface area contributed by atoms with E-state index in [0.29, 0.717) is 17.8 Å². The van der Waals surface area contributed by atoms with Crippen LogP contribution < -0.4 is 5.56 Å². The molecule has 0 N–H and O–H groups in total. The van der Waals surface area contributed by atoms with E-state index in [1.807, 2.05) is 6.92 Å². The van der Waals surface area contributed by atoms with E-state index in [4.69, 9.17) is 0 Å². The highest BCUT2D eigenvalue weighted by Gasteiger charge is 2.05. The summed E-state index contributed by atoms with van der Waals surface area (Å²) in [4.78, 5) is 12.0. The van der Waals surface area contributed by atoms with Crippen LogP contribution >= 0.6 is 12.6 Å². The first-order valence-electron chi connectivity index (χ1n) is 4.95. The molecule has 0 spiro atoms. The van der Waals surface area contributed by atoms with E-state index in [1.165, 1.54) is 0 Å². The molecule has 2 aromatic heterocycles. The minimum atomic E-state index is -0.0500. The third-order valence-electron chi connectivity index (χ3n) is 2.34. The van der Waals surface area contributed by atoms with Gasteiger partial charge in [0.2, 0.25) is 0 Å². The summed E-state index contributed by atoms with van der Waals surface area (Å²) in [5.74, 6) is 0.579. The number of aromatic nitrogens is 3. The maximum absolute atomic E-state index is 12.0. The van der Waals surface area contributed by atoms with Gasteiger partial charge in [0.05, 0.1) is 5.69 Å². The van der Waals surface area contributed by atoms with Gasteiger partial charge in [0.1, 0.15) is 5.52 Å². The van der Waals surface area contributed by atoms with Crippen molar-refractivity contribution in [3.8, 4) is 0 Å². The highest BCUT2D eigenvalue weighted by atomic mass is 32.1. The molecule has 0 atom stereocenters. The van der Waals surface area contributed by atoms with Crippen molar-refractivity contribution in [3.63, 3.8) is 0 Å². The standard InChI is InChI=1S/C11H13N3OS/c1-8(7-16)6-13-3-4-14-10(11(13)15)5-9(2)12-14/h3-5,16H,1,6-7H2,2H3. The summed E-state index contributed by atoms with van der Waals surface area (Å²) in [6.07, 6.45) is 3.49. The average molecular weight is 235 g/mol. The molecule has 84 valence electrons. The van der Waals surface area contributed by atoms with E-state index < -0.39 is 0 Å². The van der Waals surface area contributed by atoms with Crippen LogP contribution in [-0.2, 0) is 6.54 Å². The Morgan fingerprint density at radius 2 is 2.31 bits per heavy atom. The molecular formula is C11H13N3OS. The fraction of sp³-hybridized carbons (Fsp3) is 0.273. The molecule has 0 saturated heterocycles. The lowest BCUT2D eigenvalue weighted by molar-refractivity contribution is 0.735. The Balaban J connectivity index is 2.52. The van der Waals surface area contributed by atoms with Gasteiger partial charge in [-0.25, -0.2) is 4.52 Å². The second-order valence-corrected chi connectivity index (χ2v) is 4.07. The SMILES string of the molecule is C=C(CS)Cn1ccn2nc(C)cc2c1=O. The molecular weight excluding hydrogens is 222 g/mol. The van der Waals surface area contributed by atoms with Gasteiger partial charge in [0.25, 0.3) is 5.56 Å². The monoisotopic (exact) mass is 235 g/mol. The first kappa shape index (κ1) is 11.0. The van der Waals surface area contributed by atoms with E-state index in [1.54, 1.807) is 27.5 Å². The van der Waals surface area contributed by atoms with E-state index in [0.717, 1.165) is 11.3 Å². The number of hydrogen-bond acceptors (Lipinski definition) is 3. The lowest BCUT2D eigenvalue weighted by Gasteiger charge is -2.06. The fourth-order valence-electron chi connectivity index (χ4n) is 1.56. The Morgan fingerprint density at radius 1 is 1.56 bits per heavy atom. The van der Waals surface area contributed by atoms with E-state index in [2.05, 4.69) is 24.3 Å². The molecule has 0 unspecified atom stereocenters.